The topological polar surface area (TPSA) is 26.0 Å². The van der Waals surface area contributed by atoms with E-state index in [2.05, 4.69) is 13.8 Å². The van der Waals surface area contributed by atoms with Gasteiger partial charge < -0.3 is 5.73 Å². The molecule has 0 aromatic heterocycles. The second kappa shape index (κ2) is 6.48. The minimum absolute atomic E-state index is 0.273. The minimum atomic E-state index is 0.273. The van der Waals surface area contributed by atoms with Crippen molar-refractivity contribution in [2.45, 2.75) is 39.2 Å². The fourth-order valence-electron chi connectivity index (χ4n) is 1.77. The Hall–Kier alpha value is -0.240. The van der Waals surface area contributed by atoms with E-state index >= 15 is 0 Å². The molecule has 0 saturated carbocycles. The molecule has 0 radical (unpaired) electrons. The van der Waals surface area contributed by atoms with E-state index in [0.29, 0.717) is 16.0 Å². The molecule has 0 heterocycles. The lowest BCUT2D eigenvalue weighted by Crippen LogP contribution is -2.22. The fraction of sp³-hybridized carbons (Fsp3) is 0.538. The Balaban J connectivity index is 2.45. The van der Waals surface area contributed by atoms with Gasteiger partial charge >= 0.3 is 0 Å². The Bertz CT molecular complexity index is 337. The van der Waals surface area contributed by atoms with Gasteiger partial charge in [0, 0.05) is 6.04 Å². The lowest BCUT2D eigenvalue weighted by atomic mass is 9.98. The number of halogens is 2. The first-order valence-electron chi connectivity index (χ1n) is 5.68. The van der Waals surface area contributed by atoms with Gasteiger partial charge in [-0.2, -0.15) is 0 Å². The molecule has 1 rings (SSSR count). The van der Waals surface area contributed by atoms with E-state index in [1.54, 1.807) is 0 Å². The van der Waals surface area contributed by atoms with Crippen LogP contribution in [-0.4, -0.2) is 6.04 Å². The molecule has 1 unspecified atom stereocenters. The van der Waals surface area contributed by atoms with Crippen LogP contribution in [0.1, 0.15) is 32.3 Å². The van der Waals surface area contributed by atoms with Gasteiger partial charge in [-0.05, 0) is 42.9 Å². The summed E-state index contributed by atoms with van der Waals surface area (Å²) < 4.78 is 0. The van der Waals surface area contributed by atoms with E-state index in [1.807, 2.05) is 18.2 Å². The first kappa shape index (κ1) is 13.8. The number of benzene rings is 1. The van der Waals surface area contributed by atoms with Crippen LogP contribution in [0.5, 0.6) is 0 Å². The van der Waals surface area contributed by atoms with E-state index in [1.165, 1.54) is 5.56 Å². The summed E-state index contributed by atoms with van der Waals surface area (Å²) >= 11 is 11.8. The second-order valence-corrected chi connectivity index (χ2v) is 5.49. The van der Waals surface area contributed by atoms with Crippen molar-refractivity contribution < 1.29 is 0 Å². The van der Waals surface area contributed by atoms with Crippen molar-refractivity contribution in [3.8, 4) is 0 Å². The van der Waals surface area contributed by atoms with Gasteiger partial charge in [0.05, 0.1) is 10.0 Å². The summed E-state index contributed by atoms with van der Waals surface area (Å²) in [6, 6.07) is 6.05. The van der Waals surface area contributed by atoms with Gasteiger partial charge in [0.2, 0.25) is 0 Å². The Morgan fingerprint density at radius 1 is 1.19 bits per heavy atom. The molecular weight excluding hydrogens is 241 g/mol. The zero-order chi connectivity index (χ0) is 12.1. The molecule has 90 valence electrons. The molecule has 1 aromatic rings. The van der Waals surface area contributed by atoms with Gasteiger partial charge in [0.1, 0.15) is 0 Å². The molecule has 1 atom stereocenters. The number of hydrogen-bond donors (Lipinski definition) is 1. The van der Waals surface area contributed by atoms with Gasteiger partial charge in [-0.3, -0.25) is 0 Å². The SMILES string of the molecule is CC(C)CC(N)CCc1ccc(Cl)c(Cl)c1. The zero-order valence-electron chi connectivity index (χ0n) is 9.84. The van der Waals surface area contributed by atoms with Crippen molar-refractivity contribution in [2.75, 3.05) is 0 Å². The smallest absolute Gasteiger partial charge is 0.0595 e. The molecule has 0 aliphatic heterocycles. The van der Waals surface area contributed by atoms with Gasteiger partial charge in [-0.15, -0.1) is 0 Å². The highest BCUT2D eigenvalue weighted by atomic mass is 35.5. The molecule has 2 N–H and O–H groups in total. The molecule has 0 bridgehead atoms. The van der Waals surface area contributed by atoms with E-state index in [4.69, 9.17) is 28.9 Å². The van der Waals surface area contributed by atoms with Crippen molar-refractivity contribution in [2.24, 2.45) is 11.7 Å². The standard InChI is InChI=1S/C13H19Cl2N/c1-9(2)7-11(16)5-3-10-4-6-12(14)13(15)8-10/h4,6,8-9,11H,3,5,7,16H2,1-2H3. The first-order chi connectivity index (χ1) is 7.49. The summed E-state index contributed by atoms with van der Waals surface area (Å²) in [5.74, 6) is 0.656. The molecule has 0 fully saturated rings. The highest BCUT2D eigenvalue weighted by molar-refractivity contribution is 6.42. The summed E-state index contributed by atoms with van der Waals surface area (Å²) in [5.41, 5.74) is 7.23. The quantitative estimate of drug-likeness (QED) is 0.839. The van der Waals surface area contributed by atoms with Crippen molar-refractivity contribution in [3.63, 3.8) is 0 Å². The van der Waals surface area contributed by atoms with E-state index < -0.39 is 0 Å². The van der Waals surface area contributed by atoms with Crippen molar-refractivity contribution >= 4 is 23.2 Å². The van der Waals surface area contributed by atoms with Crippen LogP contribution in [0.3, 0.4) is 0 Å². The highest BCUT2D eigenvalue weighted by Gasteiger charge is 2.06. The van der Waals surface area contributed by atoms with Crippen LogP contribution in [0, 0.1) is 5.92 Å². The second-order valence-electron chi connectivity index (χ2n) is 4.68. The van der Waals surface area contributed by atoms with Crippen LogP contribution in [0.2, 0.25) is 10.0 Å². The van der Waals surface area contributed by atoms with Crippen LogP contribution in [0.25, 0.3) is 0 Å². The lowest BCUT2D eigenvalue weighted by molar-refractivity contribution is 0.473. The molecule has 0 aliphatic rings. The van der Waals surface area contributed by atoms with Crippen LogP contribution in [0.4, 0.5) is 0 Å². The molecule has 16 heavy (non-hydrogen) atoms. The lowest BCUT2D eigenvalue weighted by Gasteiger charge is -2.13. The Morgan fingerprint density at radius 3 is 2.44 bits per heavy atom. The largest absolute Gasteiger partial charge is 0.328 e. The normalized spacial score (nSPS) is 13.1. The van der Waals surface area contributed by atoms with Crippen LogP contribution in [0.15, 0.2) is 18.2 Å². The van der Waals surface area contributed by atoms with E-state index in [9.17, 15) is 0 Å². The first-order valence-corrected chi connectivity index (χ1v) is 6.44. The Kier molecular flexibility index (Phi) is 5.60. The molecule has 1 aromatic carbocycles. The summed E-state index contributed by atoms with van der Waals surface area (Å²) in [6.07, 6.45) is 3.03. The maximum absolute atomic E-state index is 6.03. The third-order valence-electron chi connectivity index (χ3n) is 2.56. The predicted octanol–water partition coefficient (Wildman–Crippen LogP) is 4.30. The molecule has 0 spiro atoms. The number of aryl methyl sites for hydroxylation is 1. The average Bonchev–Trinajstić information content (AvgIpc) is 2.19. The summed E-state index contributed by atoms with van der Waals surface area (Å²) in [6.45, 7) is 4.39. The minimum Gasteiger partial charge on any atom is -0.328 e. The summed E-state index contributed by atoms with van der Waals surface area (Å²) in [5, 5.41) is 1.23. The van der Waals surface area contributed by atoms with Gasteiger partial charge in [0.15, 0.2) is 0 Å². The third kappa shape index (κ3) is 4.73. The molecule has 1 nitrogen and oxygen atoms in total. The molecule has 0 aliphatic carbocycles. The summed E-state index contributed by atoms with van der Waals surface area (Å²) in [4.78, 5) is 0. The van der Waals surface area contributed by atoms with Gasteiger partial charge in [0.25, 0.3) is 0 Å². The molecule has 3 heteroatoms. The van der Waals surface area contributed by atoms with E-state index in [-0.39, 0.29) is 6.04 Å². The maximum atomic E-state index is 6.03. The van der Waals surface area contributed by atoms with Gasteiger partial charge in [-0.1, -0.05) is 43.1 Å². The zero-order valence-corrected chi connectivity index (χ0v) is 11.4. The number of rotatable bonds is 5. The molecule has 0 saturated heterocycles. The van der Waals surface area contributed by atoms with Crippen LogP contribution < -0.4 is 5.73 Å². The number of hydrogen-bond acceptors (Lipinski definition) is 1. The van der Waals surface area contributed by atoms with Crippen LogP contribution >= 0.6 is 23.2 Å². The Labute approximate surface area is 108 Å². The van der Waals surface area contributed by atoms with Crippen molar-refractivity contribution in [1.29, 1.82) is 0 Å². The monoisotopic (exact) mass is 259 g/mol. The Morgan fingerprint density at radius 2 is 1.88 bits per heavy atom. The van der Waals surface area contributed by atoms with Crippen molar-refractivity contribution in [3.05, 3.63) is 33.8 Å². The predicted molar refractivity (Wildman–Crippen MR) is 72.2 cm³/mol. The van der Waals surface area contributed by atoms with Crippen LogP contribution in [-0.2, 0) is 6.42 Å². The summed E-state index contributed by atoms with van der Waals surface area (Å²) in [7, 11) is 0. The fourth-order valence-corrected chi connectivity index (χ4v) is 2.09. The average molecular weight is 260 g/mol. The van der Waals surface area contributed by atoms with Gasteiger partial charge in [-0.25, -0.2) is 0 Å². The number of nitrogens with two attached hydrogens (primary N) is 1. The van der Waals surface area contributed by atoms with E-state index in [0.717, 1.165) is 19.3 Å². The van der Waals surface area contributed by atoms with Crippen molar-refractivity contribution in [1.82, 2.24) is 0 Å². The highest BCUT2D eigenvalue weighted by Crippen LogP contribution is 2.23. The molecular formula is C13H19Cl2N. The maximum Gasteiger partial charge on any atom is 0.0595 e. The molecule has 0 amide bonds. The third-order valence-corrected chi connectivity index (χ3v) is 3.30.